The molecule has 1 rings (SSSR count). The summed E-state index contributed by atoms with van der Waals surface area (Å²) in [6.45, 7) is 0. The van der Waals surface area contributed by atoms with Crippen LogP contribution in [0.4, 0.5) is 22.0 Å². The van der Waals surface area contributed by atoms with Crippen molar-refractivity contribution in [3.05, 3.63) is 29.6 Å². The van der Waals surface area contributed by atoms with Crippen molar-refractivity contribution in [2.75, 3.05) is 0 Å². The van der Waals surface area contributed by atoms with Crippen LogP contribution in [0.1, 0.15) is 11.6 Å². The molecule has 1 aromatic heterocycles. The molecule has 7 heteroatoms. The fourth-order valence-electron chi connectivity index (χ4n) is 0.882. The first-order chi connectivity index (χ1) is 6.34. The Labute approximate surface area is 75.5 Å². The van der Waals surface area contributed by atoms with Gasteiger partial charge in [-0.2, -0.15) is 13.2 Å². The molecule has 0 aromatic carbocycles. The van der Waals surface area contributed by atoms with Gasteiger partial charge < -0.3 is 5.73 Å². The lowest BCUT2D eigenvalue weighted by molar-refractivity contribution is -0.150. The number of nitrogens with zero attached hydrogens (tertiary/aromatic N) is 1. The van der Waals surface area contributed by atoms with E-state index in [1.807, 2.05) is 0 Å². The predicted molar refractivity (Wildman–Crippen MR) is 37.1 cm³/mol. The molecular weight excluding hydrogens is 207 g/mol. The van der Waals surface area contributed by atoms with Gasteiger partial charge in [-0.1, -0.05) is 0 Å². The van der Waals surface area contributed by atoms with Crippen LogP contribution in [0.5, 0.6) is 0 Å². The molecule has 2 nitrogen and oxygen atoms in total. The molecule has 0 spiro atoms. The third kappa shape index (κ3) is 1.98. The molecule has 78 valence electrons. The Morgan fingerprint density at radius 1 is 1.14 bits per heavy atom. The zero-order valence-electron chi connectivity index (χ0n) is 6.65. The van der Waals surface area contributed by atoms with Gasteiger partial charge in [0.2, 0.25) is 0 Å². The Kier molecular flexibility index (Phi) is 2.70. The zero-order valence-corrected chi connectivity index (χ0v) is 6.65. The monoisotopic (exact) mass is 212 g/mol. The number of hydrogen-bond donors (Lipinski definition) is 1. The van der Waals surface area contributed by atoms with E-state index in [4.69, 9.17) is 0 Å². The summed E-state index contributed by atoms with van der Waals surface area (Å²) in [5, 5.41) is 0. The van der Waals surface area contributed by atoms with Crippen LogP contribution in [0.2, 0.25) is 0 Å². The summed E-state index contributed by atoms with van der Waals surface area (Å²) in [5.41, 5.74) is 3.43. The van der Waals surface area contributed by atoms with Gasteiger partial charge >= 0.3 is 6.18 Å². The minimum absolute atomic E-state index is 0.476. The largest absolute Gasteiger partial charge is 0.407 e. The molecule has 0 aliphatic carbocycles. The molecular formula is C7H5F5N2. The second-order valence-electron chi connectivity index (χ2n) is 2.54. The van der Waals surface area contributed by atoms with Crippen LogP contribution in [-0.2, 0) is 0 Å². The van der Waals surface area contributed by atoms with E-state index in [0.29, 0.717) is 12.4 Å². The number of hydrogen-bond acceptors (Lipinski definition) is 2. The van der Waals surface area contributed by atoms with Gasteiger partial charge in [-0.3, -0.25) is 4.98 Å². The Hall–Kier alpha value is -1.24. The molecule has 1 atom stereocenters. The van der Waals surface area contributed by atoms with E-state index in [-0.39, 0.29) is 0 Å². The predicted octanol–water partition coefficient (Wildman–Crippen LogP) is 1.92. The van der Waals surface area contributed by atoms with Crippen molar-refractivity contribution in [2.24, 2.45) is 5.73 Å². The fraction of sp³-hybridized carbons (Fsp3) is 0.286. The SMILES string of the molecule is NC(c1c(F)cncc1F)C(F)(F)F. The molecule has 0 amide bonds. The lowest BCUT2D eigenvalue weighted by Gasteiger charge is -2.16. The minimum Gasteiger partial charge on any atom is -0.316 e. The van der Waals surface area contributed by atoms with Gasteiger partial charge in [0, 0.05) is 0 Å². The molecule has 1 heterocycles. The van der Waals surface area contributed by atoms with Crippen LogP contribution in [0.25, 0.3) is 0 Å². The molecule has 0 fully saturated rings. The number of nitrogens with two attached hydrogens (primary N) is 1. The summed E-state index contributed by atoms with van der Waals surface area (Å²) in [6, 6.07) is -2.68. The summed E-state index contributed by atoms with van der Waals surface area (Å²) in [4.78, 5) is 3.04. The van der Waals surface area contributed by atoms with Crippen molar-refractivity contribution in [2.45, 2.75) is 12.2 Å². The highest BCUT2D eigenvalue weighted by Crippen LogP contribution is 2.32. The van der Waals surface area contributed by atoms with E-state index in [1.54, 1.807) is 0 Å². The summed E-state index contributed by atoms with van der Waals surface area (Å²) >= 11 is 0. The average Bonchev–Trinajstić information content (AvgIpc) is 2.01. The molecule has 1 unspecified atom stereocenters. The normalized spacial score (nSPS) is 14.1. The van der Waals surface area contributed by atoms with Gasteiger partial charge in [-0.25, -0.2) is 8.78 Å². The van der Waals surface area contributed by atoms with Crippen LogP contribution in [0, 0.1) is 11.6 Å². The number of halogens is 5. The highest BCUT2D eigenvalue weighted by atomic mass is 19.4. The summed E-state index contributed by atoms with van der Waals surface area (Å²) in [7, 11) is 0. The van der Waals surface area contributed by atoms with Crippen molar-refractivity contribution in [3.8, 4) is 0 Å². The Morgan fingerprint density at radius 3 is 1.93 bits per heavy atom. The third-order valence-electron chi connectivity index (χ3n) is 1.55. The maximum absolute atomic E-state index is 12.7. The highest BCUT2D eigenvalue weighted by Gasteiger charge is 2.41. The number of aromatic nitrogens is 1. The molecule has 0 bridgehead atoms. The van der Waals surface area contributed by atoms with E-state index in [2.05, 4.69) is 10.7 Å². The first kappa shape index (κ1) is 10.8. The maximum Gasteiger partial charge on any atom is 0.407 e. The quantitative estimate of drug-likeness (QED) is 0.722. The highest BCUT2D eigenvalue weighted by molar-refractivity contribution is 5.20. The van der Waals surface area contributed by atoms with Crippen molar-refractivity contribution < 1.29 is 22.0 Å². The second-order valence-corrected chi connectivity index (χ2v) is 2.54. The molecule has 0 aliphatic heterocycles. The zero-order chi connectivity index (χ0) is 10.9. The standard InChI is InChI=1S/C7H5F5N2/c8-3-1-14-2-4(9)5(3)6(13)7(10,11)12/h1-2,6H,13H2. The Morgan fingerprint density at radius 2 is 1.57 bits per heavy atom. The van der Waals surface area contributed by atoms with Gasteiger partial charge in [-0.05, 0) is 0 Å². The smallest absolute Gasteiger partial charge is 0.316 e. The van der Waals surface area contributed by atoms with Gasteiger partial charge in [0.05, 0.1) is 18.0 Å². The number of alkyl halides is 3. The van der Waals surface area contributed by atoms with Gasteiger partial charge in [0.25, 0.3) is 0 Å². The summed E-state index contributed by atoms with van der Waals surface area (Å²) in [5.74, 6) is -2.82. The van der Waals surface area contributed by atoms with Gasteiger partial charge in [0.1, 0.15) is 17.7 Å². The molecule has 14 heavy (non-hydrogen) atoms. The van der Waals surface area contributed by atoms with Crippen LogP contribution in [-0.4, -0.2) is 11.2 Å². The van der Waals surface area contributed by atoms with Crippen LogP contribution < -0.4 is 5.73 Å². The number of rotatable bonds is 1. The topological polar surface area (TPSA) is 38.9 Å². The summed E-state index contributed by atoms with van der Waals surface area (Å²) < 4.78 is 61.5. The number of pyridine rings is 1. The maximum atomic E-state index is 12.7. The Balaban J connectivity index is 3.19. The van der Waals surface area contributed by atoms with Crippen molar-refractivity contribution in [1.29, 1.82) is 0 Å². The minimum atomic E-state index is -4.89. The second kappa shape index (κ2) is 3.49. The molecule has 0 saturated carbocycles. The molecule has 2 N–H and O–H groups in total. The van der Waals surface area contributed by atoms with Crippen molar-refractivity contribution >= 4 is 0 Å². The fourth-order valence-corrected chi connectivity index (χ4v) is 0.882. The summed E-state index contributed by atoms with van der Waals surface area (Å²) in [6.07, 6.45) is -3.93. The molecule has 0 radical (unpaired) electrons. The Bertz CT molecular complexity index is 315. The van der Waals surface area contributed by atoms with E-state index >= 15 is 0 Å². The van der Waals surface area contributed by atoms with Gasteiger partial charge in [0.15, 0.2) is 0 Å². The lowest BCUT2D eigenvalue weighted by atomic mass is 10.1. The van der Waals surface area contributed by atoms with Crippen LogP contribution in [0.3, 0.4) is 0 Å². The van der Waals surface area contributed by atoms with Crippen LogP contribution >= 0.6 is 0 Å². The third-order valence-corrected chi connectivity index (χ3v) is 1.55. The van der Waals surface area contributed by atoms with Crippen molar-refractivity contribution in [3.63, 3.8) is 0 Å². The molecule has 0 aliphatic rings. The van der Waals surface area contributed by atoms with E-state index in [1.165, 1.54) is 0 Å². The first-order valence-electron chi connectivity index (χ1n) is 3.45. The lowest BCUT2D eigenvalue weighted by Crippen LogP contribution is -2.30. The average molecular weight is 212 g/mol. The van der Waals surface area contributed by atoms with Gasteiger partial charge in [-0.15, -0.1) is 0 Å². The molecule has 1 aromatic rings. The molecule has 0 saturated heterocycles. The van der Waals surface area contributed by atoms with Crippen LogP contribution in [0.15, 0.2) is 12.4 Å². The van der Waals surface area contributed by atoms with E-state index in [0.717, 1.165) is 0 Å². The van der Waals surface area contributed by atoms with Crippen molar-refractivity contribution in [1.82, 2.24) is 4.98 Å². The van der Waals surface area contributed by atoms with E-state index < -0.39 is 29.4 Å². The van der Waals surface area contributed by atoms with E-state index in [9.17, 15) is 22.0 Å². The first-order valence-corrected chi connectivity index (χ1v) is 3.45.